The number of hydrogen-bond donors (Lipinski definition) is 2. The molecule has 0 saturated carbocycles. The van der Waals surface area contributed by atoms with Gasteiger partial charge in [0.15, 0.2) is 0 Å². The predicted octanol–water partition coefficient (Wildman–Crippen LogP) is -1.32. The first kappa shape index (κ1) is 15.6. The molecule has 1 rings (SSSR count). The number of carbonyl (C=O) groups is 2. The lowest BCUT2D eigenvalue weighted by molar-refractivity contribution is -0.117. The standard InChI is InChI=1S/C11H19N7O2/c1-8(2)10(19)12-6-5-7-13-11(20)9-14-16-18(15-9)17(3)4/h1,5-7H2,2-4H3,(H,12,19)(H,13,20). The van der Waals surface area contributed by atoms with Crippen LogP contribution >= 0.6 is 0 Å². The largest absolute Gasteiger partial charge is 0.352 e. The van der Waals surface area contributed by atoms with Crippen molar-refractivity contribution in [2.24, 2.45) is 0 Å². The molecule has 110 valence electrons. The Labute approximate surface area is 117 Å². The minimum atomic E-state index is -0.399. The SMILES string of the molecule is C=C(C)C(=O)NCCCNC(=O)c1nnn(N(C)C)n1. The molecule has 1 aromatic rings. The van der Waals surface area contributed by atoms with Gasteiger partial charge in [-0.25, -0.2) is 0 Å². The Bertz CT molecular complexity index is 495. The monoisotopic (exact) mass is 281 g/mol. The summed E-state index contributed by atoms with van der Waals surface area (Å²) in [6.45, 7) is 6.03. The molecule has 0 radical (unpaired) electrons. The van der Waals surface area contributed by atoms with E-state index in [1.165, 1.54) is 4.91 Å². The van der Waals surface area contributed by atoms with Gasteiger partial charge in [0, 0.05) is 32.8 Å². The maximum absolute atomic E-state index is 11.7. The van der Waals surface area contributed by atoms with Gasteiger partial charge in [-0.2, -0.15) is 0 Å². The first-order chi connectivity index (χ1) is 9.41. The van der Waals surface area contributed by atoms with Crippen molar-refractivity contribution in [2.45, 2.75) is 13.3 Å². The highest BCUT2D eigenvalue weighted by molar-refractivity contribution is 5.92. The lowest BCUT2D eigenvalue weighted by atomic mass is 10.3. The summed E-state index contributed by atoms with van der Waals surface area (Å²) in [6.07, 6.45) is 0.604. The molecule has 2 N–H and O–H groups in total. The van der Waals surface area contributed by atoms with Gasteiger partial charge in [-0.05, 0) is 18.6 Å². The van der Waals surface area contributed by atoms with Gasteiger partial charge >= 0.3 is 0 Å². The molecule has 0 atom stereocenters. The molecule has 1 heterocycles. The Balaban J connectivity index is 2.26. The van der Waals surface area contributed by atoms with Crippen molar-refractivity contribution < 1.29 is 9.59 Å². The second kappa shape index (κ2) is 7.22. The zero-order valence-electron chi connectivity index (χ0n) is 11.9. The molecule has 0 saturated heterocycles. The van der Waals surface area contributed by atoms with E-state index < -0.39 is 5.91 Å². The molecule has 0 unspecified atom stereocenters. The minimum Gasteiger partial charge on any atom is -0.352 e. The molecule has 0 aliphatic heterocycles. The first-order valence-electron chi connectivity index (χ1n) is 6.11. The van der Waals surface area contributed by atoms with Gasteiger partial charge in [0.2, 0.25) is 5.91 Å². The summed E-state index contributed by atoms with van der Waals surface area (Å²) in [4.78, 5) is 24.1. The summed E-state index contributed by atoms with van der Waals surface area (Å²) in [5.41, 5.74) is 0.457. The zero-order chi connectivity index (χ0) is 15.1. The molecule has 0 aromatic carbocycles. The van der Waals surface area contributed by atoms with Crippen LogP contribution in [0.4, 0.5) is 0 Å². The fourth-order valence-electron chi connectivity index (χ4n) is 1.19. The molecule has 2 amide bonds. The van der Waals surface area contributed by atoms with E-state index in [9.17, 15) is 9.59 Å². The number of rotatable bonds is 7. The number of hydrogen-bond acceptors (Lipinski definition) is 6. The number of amides is 2. The Morgan fingerprint density at radius 1 is 1.30 bits per heavy atom. The maximum Gasteiger partial charge on any atom is 0.292 e. The van der Waals surface area contributed by atoms with Crippen molar-refractivity contribution in [3.05, 3.63) is 18.0 Å². The van der Waals surface area contributed by atoms with Gasteiger partial charge in [0.25, 0.3) is 11.7 Å². The van der Waals surface area contributed by atoms with Crippen molar-refractivity contribution in [2.75, 3.05) is 32.2 Å². The van der Waals surface area contributed by atoms with E-state index in [1.54, 1.807) is 26.0 Å². The van der Waals surface area contributed by atoms with E-state index in [4.69, 9.17) is 0 Å². The maximum atomic E-state index is 11.7. The zero-order valence-corrected chi connectivity index (χ0v) is 11.9. The number of nitrogens with zero attached hydrogens (tertiary/aromatic N) is 5. The van der Waals surface area contributed by atoms with Gasteiger partial charge in [-0.1, -0.05) is 11.5 Å². The summed E-state index contributed by atoms with van der Waals surface area (Å²) >= 11 is 0. The first-order valence-corrected chi connectivity index (χ1v) is 6.11. The summed E-state index contributed by atoms with van der Waals surface area (Å²) in [5, 5.41) is 18.1. The van der Waals surface area contributed by atoms with Crippen LogP contribution in [0.5, 0.6) is 0 Å². The van der Waals surface area contributed by atoms with Crippen molar-refractivity contribution in [3.63, 3.8) is 0 Å². The molecule has 9 nitrogen and oxygen atoms in total. The van der Waals surface area contributed by atoms with Crippen LogP contribution in [0.2, 0.25) is 0 Å². The van der Waals surface area contributed by atoms with Crippen molar-refractivity contribution in [1.82, 2.24) is 30.9 Å². The van der Waals surface area contributed by atoms with Crippen LogP contribution in [0.1, 0.15) is 24.0 Å². The highest BCUT2D eigenvalue weighted by atomic mass is 16.2. The second-order valence-electron chi connectivity index (χ2n) is 4.37. The van der Waals surface area contributed by atoms with Crippen LogP contribution in [0, 0.1) is 0 Å². The van der Waals surface area contributed by atoms with E-state index in [0.29, 0.717) is 25.1 Å². The van der Waals surface area contributed by atoms with Crippen LogP contribution in [0.15, 0.2) is 12.2 Å². The summed E-state index contributed by atoms with van der Waals surface area (Å²) in [5.74, 6) is -0.582. The van der Waals surface area contributed by atoms with Gasteiger partial charge in [0.1, 0.15) is 0 Å². The molecule has 1 aromatic heterocycles. The molecule has 0 aliphatic rings. The Morgan fingerprint density at radius 2 is 1.95 bits per heavy atom. The molecular formula is C11H19N7O2. The molecular weight excluding hydrogens is 262 g/mol. The van der Waals surface area contributed by atoms with Crippen LogP contribution in [0.25, 0.3) is 0 Å². The fraction of sp³-hybridized carbons (Fsp3) is 0.545. The predicted molar refractivity (Wildman–Crippen MR) is 72.7 cm³/mol. The number of nitrogens with one attached hydrogen (secondary N) is 2. The van der Waals surface area contributed by atoms with E-state index in [0.717, 1.165) is 0 Å². The van der Waals surface area contributed by atoms with Crippen molar-refractivity contribution >= 4 is 11.8 Å². The highest BCUT2D eigenvalue weighted by Gasteiger charge is 2.12. The number of aromatic nitrogens is 4. The van der Waals surface area contributed by atoms with E-state index in [1.807, 2.05) is 0 Å². The number of carbonyl (C=O) groups excluding carboxylic acids is 2. The van der Waals surface area contributed by atoms with Gasteiger partial charge in [0.05, 0.1) is 0 Å². The average Bonchev–Trinajstić information content (AvgIpc) is 2.87. The third-order valence-electron chi connectivity index (χ3n) is 2.28. The second-order valence-corrected chi connectivity index (χ2v) is 4.37. The smallest absolute Gasteiger partial charge is 0.292 e. The third kappa shape index (κ3) is 4.67. The van der Waals surface area contributed by atoms with E-state index in [2.05, 4.69) is 32.6 Å². The molecule has 0 bridgehead atoms. The Morgan fingerprint density at radius 3 is 2.50 bits per heavy atom. The molecule has 0 spiro atoms. The topological polar surface area (TPSA) is 105 Å². The lowest BCUT2D eigenvalue weighted by Crippen LogP contribution is -2.31. The van der Waals surface area contributed by atoms with Crippen LogP contribution in [0.3, 0.4) is 0 Å². The summed E-state index contributed by atoms with van der Waals surface area (Å²) in [6, 6.07) is 0. The van der Waals surface area contributed by atoms with E-state index in [-0.39, 0.29) is 11.7 Å². The summed E-state index contributed by atoms with van der Waals surface area (Å²) in [7, 11) is 3.46. The number of tetrazole rings is 1. The summed E-state index contributed by atoms with van der Waals surface area (Å²) < 4.78 is 0. The van der Waals surface area contributed by atoms with Gasteiger partial charge in [-0.15, -0.1) is 10.2 Å². The molecule has 20 heavy (non-hydrogen) atoms. The van der Waals surface area contributed by atoms with E-state index >= 15 is 0 Å². The lowest BCUT2D eigenvalue weighted by Gasteiger charge is -2.07. The van der Waals surface area contributed by atoms with Crippen LogP contribution < -0.4 is 15.6 Å². The van der Waals surface area contributed by atoms with Crippen molar-refractivity contribution in [3.8, 4) is 0 Å². The normalized spacial score (nSPS) is 9.95. The van der Waals surface area contributed by atoms with Gasteiger partial charge in [-0.3, -0.25) is 14.6 Å². The van der Waals surface area contributed by atoms with Gasteiger partial charge < -0.3 is 10.6 Å². The molecule has 0 aliphatic carbocycles. The average molecular weight is 281 g/mol. The van der Waals surface area contributed by atoms with Crippen LogP contribution in [-0.2, 0) is 4.79 Å². The third-order valence-corrected chi connectivity index (χ3v) is 2.28. The van der Waals surface area contributed by atoms with Crippen LogP contribution in [-0.4, -0.2) is 59.3 Å². The Hall–Kier alpha value is -2.45. The quantitative estimate of drug-likeness (QED) is 0.474. The minimum absolute atomic E-state index is 0.00433. The van der Waals surface area contributed by atoms with Crippen molar-refractivity contribution in [1.29, 1.82) is 0 Å². The molecule has 0 fully saturated rings. The molecule has 9 heteroatoms. The Kier molecular flexibility index (Phi) is 5.63. The fourth-order valence-corrected chi connectivity index (χ4v) is 1.19. The highest BCUT2D eigenvalue weighted by Crippen LogP contribution is 1.88.